The molecule has 2 heterocycles. The minimum Gasteiger partial charge on any atom is -0.373 e. The van der Waals surface area contributed by atoms with Gasteiger partial charge in [0, 0.05) is 48.8 Å². The third-order valence-corrected chi connectivity index (χ3v) is 4.83. The Kier molecular flexibility index (Phi) is 4.76. The Bertz CT molecular complexity index is 639. The summed E-state index contributed by atoms with van der Waals surface area (Å²) in [6.45, 7) is 12.8. The largest absolute Gasteiger partial charge is 0.373 e. The van der Waals surface area contributed by atoms with Gasteiger partial charge in [-0.2, -0.15) is 0 Å². The first kappa shape index (κ1) is 16.5. The zero-order chi connectivity index (χ0) is 16.4. The smallest absolute Gasteiger partial charge is 0.0678 e. The summed E-state index contributed by atoms with van der Waals surface area (Å²) >= 11 is 0. The van der Waals surface area contributed by atoms with Crippen LogP contribution in [0.5, 0.6) is 0 Å². The first-order valence-corrected chi connectivity index (χ1v) is 8.62. The molecule has 1 aromatic carbocycles. The van der Waals surface area contributed by atoms with Crippen molar-refractivity contribution in [2.24, 2.45) is 0 Å². The summed E-state index contributed by atoms with van der Waals surface area (Å²) in [7, 11) is 0. The highest BCUT2D eigenvalue weighted by molar-refractivity contribution is 5.82. The molecule has 23 heavy (non-hydrogen) atoms. The molecule has 126 valence electrons. The van der Waals surface area contributed by atoms with Crippen molar-refractivity contribution < 1.29 is 4.74 Å². The summed E-state index contributed by atoms with van der Waals surface area (Å²) in [6.07, 6.45) is 2.63. The molecule has 1 aromatic heterocycles. The van der Waals surface area contributed by atoms with Crippen LogP contribution < -0.4 is 5.32 Å². The second-order valence-corrected chi connectivity index (χ2v) is 7.43. The molecule has 0 saturated carbocycles. The third-order valence-electron chi connectivity index (χ3n) is 4.83. The second kappa shape index (κ2) is 6.63. The number of morpholine rings is 1. The zero-order valence-corrected chi connectivity index (χ0v) is 14.7. The van der Waals surface area contributed by atoms with Crippen LogP contribution in [-0.2, 0) is 11.3 Å². The van der Waals surface area contributed by atoms with Gasteiger partial charge in [-0.05, 0) is 45.4 Å². The predicted octanol–water partition coefficient (Wildman–Crippen LogP) is 3.15. The molecule has 0 radical (unpaired) electrons. The molecule has 1 fully saturated rings. The van der Waals surface area contributed by atoms with Crippen molar-refractivity contribution in [3.05, 3.63) is 36.0 Å². The van der Waals surface area contributed by atoms with Gasteiger partial charge in [0.05, 0.1) is 12.2 Å². The first-order chi connectivity index (χ1) is 11.0. The molecule has 4 nitrogen and oxygen atoms in total. The lowest BCUT2D eigenvalue weighted by molar-refractivity contribution is -0.0952. The Morgan fingerprint density at radius 1 is 1.22 bits per heavy atom. The highest BCUT2D eigenvalue weighted by atomic mass is 16.5. The summed E-state index contributed by atoms with van der Waals surface area (Å²) in [5, 5.41) is 4.97. The maximum atomic E-state index is 5.86. The fraction of sp³-hybridized carbons (Fsp3) is 0.579. The second-order valence-electron chi connectivity index (χ2n) is 7.43. The Hall–Kier alpha value is -1.36. The minimum atomic E-state index is 0.123. The van der Waals surface area contributed by atoms with E-state index < -0.39 is 0 Å². The Balaban J connectivity index is 1.60. The molecule has 4 heteroatoms. The van der Waals surface area contributed by atoms with Gasteiger partial charge in [0.25, 0.3) is 0 Å². The SMILES string of the molecule is CC1CN(C(C)(C)CNCc2cccc3[nH]ccc23)CC(C)O1. The molecule has 2 N–H and O–H groups in total. The predicted molar refractivity (Wildman–Crippen MR) is 95.7 cm³/mol. The van der Waals surface area contributed by atoms with Crippen molar-refractivity contribution in [1.29, 1.82) is 0 Å². The number of aromatic amines is 1. The van der Waals surface area contributed by atoms with Crippen LogP contribution in [-0.4, -0.2) is 47.3 Å². The molecule has 0 amide bonds. The molecule has 0 spiro atoms. The van der Waals surface area contributed by atoms with Gasteiger partial charge in [-0.3, -0.25) is 4.90 Å². The fourth-order valence-corrected chi connectivity index (χ4v) is 3.59. The molecule has 0 bridgehead atoms. The highest BCUT2D eigenvalue weighted by Crippen LogP contribution is 2.21. The lowest BCUT2D eigenvalue weighted by Gasteiger charge is -2.45. The van der Waals surface area contributed by atoms with Crippen molar-refractivity contribution >= 4 is 10.9 Å². The molecule has 3 rings (SSSR count). The number of H-pyrrole nitrogens is 1. The maximum Gasteiger partial charge on any atom is 0.0678 e. The number of rotatable bonds is 5. The summed E-state index contributed by atoms with van der Waals surface area (Å²) in [6, 6.07) is 8.60. The first-order valence-electron chi connectivity index (χ1n) is 8.62. The third kappa shape index (κ3) is 3.77. The number of nitrogens with zero attached hydrogens (tertiary/aromatic N) is 1. The van der Waals surface area contributed by atoms with E-state index in [2.05, 4.69) is 67.2 Å². The van der Waals surface area contributed by atoms with Crippen molar-refractivity contribution in [2.75, 3.05) is 19.6 Å². The molecule has 1 aliphatic rings. The number of ether oxygens (including phenoxy) is 1. The summed E-state index contributed by atoms with van der Waals surface area (Å²) in [5.74, 6) is 0. The van der Waals surface area contributed by atoms with Crippen LogP contribution in [0, 0.1) is 0 Å². The number of benzene rings is 1. The van der Waals surface area contributed by atoms with Gasteiger partial charge < -0.3 is 15.0 Å². The van der Waals surface area contributed by atoms with Gasteiger partial charge in [0.2, 0.25) is 0 Å². The molecule has 2 atom stereocenters. The fourth-order valence-electron chi connectivity index (χ4n) is 3.59. The number of hydrogen-bond acceptors (Lipinski definition) is 3. The molecule has 2 aromatic rings. The van der Waals surface area contributed by atoms with Crippen LogP contribution in [0.4, 0.5) is 0 Å². The quantitative estimate of drug-likeness (QED) is 0.890. The Morgan fingerprint density at radius 3 is 2.70 bits per heavy atom. The number of fused-ring (bicyclic) bond motifs is 1. The molecule has 2 unspecified atom stereocenters. The summed E-state index contributed by atoms with van der Waals surface area (Å²) < 4.78 is 5.86. The topological polar surface area (TPSA) is 40.3 Å². The van der Waals surface area contributed by atoms with Crippen LogP contribution >= 0.6 is 0 Å². The van der Waals surface area contributed by atoms with E-state index >= 15 is 0 Å². The van der Waals surface area contributed by atoms with Gasteiger partial charge in [-0.15, -0.1) is 0 Å². The maximum absolute atomic E-state index is 5.86. The molecular formula is C19H29N3O. The zero-order valence-electron chi connectivity index (χ0n) is 14.7. The van der Waals surface area contributed by atoms with E-state index in [-0.39, 0.29) is 5.54 Å². The van der Waals surface area contributed by atoms with E-state index in [0.717, 1.165) is 26.2 Å². The van der Waals surface area contributed by atoms with Crippen molar-refractivity contribution in [2.45, 2.75) is 52.0 Å². The van der Waals surface area contributed by atoms with Crippen LogP contribution in [0.2, 0.25) is 0 Å². The average molecular weight is 315 g/mol. The van der Waals surface area contributed by atoms with E-state index in [0.29, 0.717) is 12.2 Å². The van der Waals surface area contributed by atoms with Gasteiger partial charge in [-0.25, -0.2) is 0 Å². The van der Waals surface area contributed by atoms with E-state index in [4.69, 9.17) is 4.74 Å². The van der Waals surface area contributed by atoms with Crippen molar-refractivity contribution in [1.82, 2.24) is 15.2 Å². The summed E-state index contributed by atoms with van der Waals surface area (Å²) in [5.41, 5.74) is 2.68. The van der Waals surface area contributed by atoms with E-state index in [1.54, 1.807) is 0 Å². The Morgan fingerprint density at radius 2 is 1.96 bits per heavy atom. The van der Waals surface area contributed by atoms with Crippen molar-refractivity contribution in [3.8, 4) is 0 Å². The number of hydrogen-bond donors (Lipinski definition) is 2. The highest BCUT2D eigenvalue weighted by Gasteiger charge is 2.32. The van der Waals surface area contributed by atoms with Gasteiger partial charge in [-0.1, -0.05) is 12.1 Å². The number of aromatic nitrogens is 1. The Labute approximate surface area is 139 Å². The van der Waals surface area contributed by atoms with Crippen LogP contribution in [0.1, 0.15) is 33.3 Å². The molecule has 1 aliphatic heterocycles. The average Bonchev–Trinajstić information content (AvgIpc) is 2.95. The van der Waals surface area contributed by atoms with E-state index in [1.807, 2.05) is 6.20 Å². The van der Waals surface area contributed by atoms with Gasteiger partial charge in [0.15, 0.2) is 0 Å². The van der Waals surface area contributed by atoms with Crippen molar-refractivity contribution in [3.63, 3.8) is 0 Å². The van der Waals surface area contributed by atoms with Gasteiger partial charge >= 0.3 is 0 Å². The van der Waals surface area contributed by atoms with Gasteiger partial charge in [0.1, 0.15) is 0 Å². The molecular weight excluding hydrogens is 286 g/mol. The van der Waals surface area contributed by atoms with Crippen LogP contribution in [0.25, 0.3) is 10.9 Å². The lowest BCUT2D eigenvalue weighted by Crippen LogP contribution is -2.58. The molecule has 0 aliphatic carbocycles. The monoisotopic (exact) mass is 315 g/mol. The van der Waals surface area contributed by atoms with Crippen LogP contribution in [0.15, 0.2) is 30.5 Å². The standard InChI is InChI=1S/C19H29N3O/c1-14-11-22(12-15(2)23-14)19(3,4)13-20-10-16-6-5-7-18-17(16)8-9-21-18/h5-9,14-15,20-21H,10-13H2,1-4H3. The minimum absolute atomic E-state index is 0.123. The summed E-state index contributed by atoms with van der Waals surface area (Å²) in [4.78, 5) is 5.83. The van der Waals surface area contributed by atoms with E-state index in [9.17, 15) is 0 Å². The lowest BCUT2D eigenvalue weighted by atomic mass is 9.99. The normalized spacial score (nSPS) is 23.5. The van der Waals surface area contributed by atoms with E-state index in [1.165, 1.54) is 16.5 Å². The van der Waals surface area contributed by atoms with Crippen LogP contribution in [0.3, 0.4) is 0 Å². The molecule has 1 saturated heterocycles. The number of nitrogens with one attached hydrogen (secondary N) is 2.